The molecule has 2 unspecified atom stereocenters. The van der Waals surface area contributed by atoms with Crippen molar-refractivity contribution in [3.05, 3.63) is 23.8 Å². The van der Waals surface area contributed by atoms with Crippen LogP contribution in [0.1, 0.15) is 19.4 Å². The zero-order chi connectivity index (χ0) is 13.3. The average Bonchev–Trinajstić information content (AvgIpc) is 2.31. The standard InChI is InChI=1S/C13H15NO3S/c1-7(13(16)17)5-9-3-4-10-11(6-9)18-8(2)12(15)14-10/h3-4,6-8H,5H2,1-2H3,(H,14,15)(H,16,17). The topological polar surface area (TPSA) is 66.4 Å². The van der Waals surface area contributed by atoms with E-state index in [2.05, 4.69) is 5.32 Å². The van der Waals surface area contributed by atoms with E-state index in [9.17, 15) is 9.59 Å². The Hall–Kier alpha value is -1.49. The fourth-order valence-electron chi connectivity index (χ4n) is 1.81. The molecule has 0 bridgehead atoms. The number of hydrogen-bond acceptors (Lipinski definition) is 3. The normalized spacial score (nSPS) is 19.9. The summed E-state index contributed by atoms with van der Waals surface area (Å²) >= 11 is 1.51. The van der Waals surface area contributed by atoms with Gasteiger partial charge in [0, 0.05) is 4.90 Å². The van der Waals surface area contributed by atoms with Gasteiger partial charge in [-0.15, -0.1) is 11.8 Å². The third-order valence-corrected chi connectivity index (χ3v) is 4.10. The summed E-state index contributed by atoms with van der Waals surface area (Å²) in [5.41, 5.74) is 1.80. The minimum Gasteiger partial charge on any atom is -0.481 e. The smallest absolute Gasteiger partial charge is 0.306 e. The maximum Gasteiger partial charge on any atom is 0.306 e. The van der Waals surface area contributed by atoms with Gasteiger partial charge in [0.15, 0.2) is 0 Å². The predicted molar refractivity (Wildman–Crippen MR) is 70.9 cm³/mol. The van der Waals surface area contributed by atoms with Crippen LogP contribution in [0.25, 0.3) is 0 Å². The number of benzene rings is 1. The quantitative estimate of drug-likeness (QED) is 0.880. The van der Waals surface area contributed by atoms with Gasteiger partial charge in [-0.05, 0) is 31.0 Å². The van der Waals surface area contributed by atoms with Crippen molar-refractivity contribution in [3.63, 3.8) is 0 Å². The highest BCUT2D eigenvalue weighted by Gasteiger charge is 2.23. The molecule has 2 rings (SSSR count). The molecule has 0 radical (unpaired) electrons. The molecule has 96 valence electrons. The lowest BCUT2D eigenvalue weighted by molar-refractivity contribution is -0.141. The molecule has 0 saturated carbocycles. The Labute approximate surface area is 110 Å². The van der Waals surface area contributed by atoms with Gasteiger partial charge in [0.25, 0.3) is 0 Å². The lowest BCUT2D eigenvalue weighted by Crippen LogP contribution is -2.26. The highest BCUT2D eigenvalue weighted by atomic mass is 32.2. The predicted octanol–water partition coefficient (Wildman–Crippen LogP) is 2.38. The number of anilines is 1. The van der Waals surface area contributed by atoms with Gasteiger partial charge in [-0.2, -0.15) is 0 Å². The number of amides is 1. The molecule has 0 aromatic heterocycles. The fraction of sp³-hybridized carbons (Fsp3) is 0.385. The van der Waals surface area contributed by atoms with Crippen LogP contribution in [-0.4, -0.2) is 22.2 Å². The third-order valence-electron chi connectivity index (χ3n) is 2.94. The van der Waals surface area contributed by atoms with E-state index in [-0.39, 0.29) is 11.2 Å². The average molecular weight is 265 g/mol. The van der Waals surface area contributed by atoms with Crippen molar-refractivity contribution in [2.75, 3.05) is 5.32 Å². The molecule has 2 N–H and O–H groups in total. The van der Waals surface area contributed by atoms with E-state index in [1.807, 2.05) is 25.1 Å². The number of carbonyl (C=O) groups is 2. The summed E-state index contributed by atoms with van der Waals surface area (Å²) in [7, 11) is 0. The van der Waals surface area contributed by atoms with Crippen molar-refractivity contribution >= 4 is 29.3 Å². The summed E-state index contributed by atoms with van der Waals surface area (Å²) in [6.07, 6.45) is 0.505. The Bertz CT molecular complexity index is 501. The van der Waals surface area contributed by atoms with Crippen LogP contribution < -0.4 is 5.32 Å². The van der Waals surface area contributed by atoms with Gasteiger partial charge in [0.2, 0.25) is 5.91 Å². The van der Waals surface area contributed by atoms with E-state index in [1.165, 1.54) is 11.8 Å². The van der Waals surface area contributed by atoms with E-state index in [0.717, 1.165) is 16.1 Å². The van der Waals surface area contributed by atoms with Crippen LogP contribution in [-0.2, 0) is 16.0 Å². The van der Waals surface area contributed by atoms with Crippen LogP contribution >= 0.6 is 11.8 Å². The SMILES string of the molecule is CC(Cc1ccc2c(c1)SC(C)C(=O)N2)C(=O)O. The summed E-state index contributed by atoms with van der Waals surface area (Å²) < 4.78 is 0. The van der Waals surface area contributed by atoms with Crippen molar-refractivity contribution in [1.29, 1.82) is 0 Å². The van der Waals surface area contributed by atoms with Crippen LogP contribution in [0.2, 0.25) is 0 Å². The number of thioether (sulfide) groups is 1. The molecule has 18 heavy (non-hydrogen) atoms. The molecule has 1 heterocycles. The highest BCUT2D eigenvalue weighted by Crippen LogP contribution is 2.36. The lowest BCUT2D eigenvalue weighted by Gasteiger charge is -2.22. The van der Waals surface area contributed by atoms with E-state index >= 15 is 0 Å². The molecule has 1 aliphatic rings. The van der Waals surface area contributed by atoms with Crippen molar-refractivity contribution < 1.29 is 14.7 Å². The Morgan fingerprint density at radius 3 is 2.94 bits per heavy atom. The molecule has 1 amide bonds. The zero-order valence-electron chi connectivity index (χ0n) is 10.3. The minimum absolute atomic E-state index is 0.0131. The third kappa shape index (κ3) is 2.67. The maximum atomic E-state index is 11.5. The number of aliphatic carboxylic acids is 1. The lowest BCUT2D eigenvalue weighted by atomic mass is 10.0. The van der Waals surface area contributed by atoms with Crippen LogP contribution in [0, 0.1) is 5.92 Å². The van der Waals surface area contributed by atoms with Gasteiger partial charge in [0.1, 0.15) is 0 Å². The summed E-state index contributed by atoms with van der Waals surface area (Å²) in [6.45, 7) is 3.55. The van der Waals surface area contributed by atoms with Gasteiger partial charge in [-0.1, -0.05) is 13.0 Å². The van der Waals surface area contributed by atoms with Crippen LogP contribution in [0.5, 0.6) is 0 Å². The van der Waals surface area contributed by atoms with Gasteiger partial charge >= 0.3 is 5.97 Å². The first kappa shape index (κ1) is 13.0. The van der Waals surface area contributed by atoms with E-state index in [0.29, 0.717) is 6.42 Å². The monoisotopic (exact) mass is 265 g/mol. The van der Waals surface area contributed by atoms with Gasteiger partial charge in [-0.3, -0.25) is 9.59 Å². The largest absolute Gasteiger partial charge is 0.481 e. The number of carbonyl (C=O) groups excluding carboxylic acids is 1. The second kappa shape index (κ2) is 5.02. The molecule has 1 aliphatic heterocycles. The van der Waals surface area contributed by atoms with Crippen LogP contribution in [0.15, 0.2) is 23.1 Å². The summed E-state index contributed by atoms with van der Waals surface area (Å²) in [5, 5.41) is 11.6. The first-order valence-electron chi connectivity index (χ1n) is 5.80. The zero-order valence-corrected chi connectivity index (χ0v) is 11.1. The summed E-state index contributed by atoms with van der Waals surface area (Å²) in [5.74, 6) is -1.18. The summed E-state index contributed by atoms with van der Waals surface area (Å²) in [6, 6.07) is 5.68. The van der Waals surface area contributed by atoms with Gasteiger partial charge in [-0.25, -0.2) is 0 Å². The van der Waals surface area contributed by atoms with Crippen molar-refractivity contribution in [1.82, 2.24) is 0 Å². The number of nitrogens with one attached hydrogen (secondary N) is 1. The number of fused-ring (bicyclic) bond motifs is 1. The molecule has 1 aromatic carbocycles. The number of hydrogen-bond donors (Lipinski definition) is 2. The van der Waals surface area contributed by atoms with Crippen molar-refractivity contribution in [2.24, 2.45) is 5.92 Å². The van der Waals surface area contributed by atoms with Crippen molar-refractivity contribution in [2.45, 2.75) is 30.4 Å². The van der Waals surface area contributed by atoms with Crippen LogP contribution in [0.4, 0.5) is 5.69 Å². The minimum atomic E-state index is -0.790. The second-order valence-electron chi connectivity index (χ2n) is 4.52. The van der Waals surface area contributed by atoms with Gasteiger partial charge in [0.05, 0.1) is 16.9 Å². The molecule has 2 atom stereocenters. The molecule has 1 aromatic rings. The maximum absolute atomic E-state index is 11.5. The van der Waals surface area contributed by atoms with Gasteiger partial charge < -0.3 is 10.4 Å². The van der Waals surface area contributed by atoms with E-state index < -0.39 is 11.9 Å². The number of carboxylic acid groups (broad SMARTS) is 1. The fourth-order valence-corrected chi connectivity index (χ4v) is 2.83. The van der Waals surface area contributed by atoms with E-state index in [4.69, 9.17) is 5.11 Å². The first-order valence-corrected chi connectivity index (χ1v) is 6.68. The molecule has 4 nitrogen and oxygen atoms in total. The Balaban J connectivity index is 2.20. The molecule has 5 heteroatoms. The molecular formula is C13H15NO3S. The Kier molecular flexibility index (Phi) is 3.61. The molecule has 0 fully saturated rings. The first-order chi connectivity index (χ1) is 8.47. The van der Waals surface area contributed by atoms with Crippen molar-refractivity contribution in [3.8, 4) is 0 Å². The molecule has 0 spiro atoms. The second-order valence-corrected chi connectivity index (χ2v) is 5.91. The Morgan fingerprint density at radius 2 is 2.28 bits per heavy atom. The van der Waals surface area contributed by atoms with E-state index in [1.54, 1.807) is 6.92 Å². The number of rotatable bonds is 3. The molecule has 0 saturated heterocycles. The highest BCUT2D eigenvalue weighted by molar-refractivity contribution is 8.00. The van der Waals surface area contributed by atoms with Crippen LogP contribution in [0.3, 0.4) is 0 Å². The Morgan fingerprint density at radius 1 is 1.56 bits per heavy atom. The molecular weight excluding hydrogens is 250 g/mol. The number of carboxylic acids is 1. The summed E-state index contributed by atoms with van der Waals surface area (Å²) in [4.78, 5) is 23.3. The molecule has 0 aliphatic carbocycles.